The molecule has 14 nitrogen and oxygen atoms in total. The van der Waals surface area contributed by atoms with Crippen LogP contribution < -0.4 is 10.6 Å². The predicted octanol–water partition coefficient (Wildman–Crippen LogP) is 5.59. The van der Waals surface area contributed by atoms with Gasteiger partial charge in [-0.05, 0) is 80.2 Å². The number of fused-ring (bicyclic) bond motifs is 4. The molecule has 2 aliphatic heterocycles. The lowest BCUT2D eigenvalue weighted by atomic mass is 9.91. The molecule has 4 aromatic rings. The Labute approximate surface area is 324 Å². The molecular formula is C41H47FN8O6. The van der Waals surface area contributed by atoms with Gasteiger partial charge >= 0.3 is 12.2 Å². The van der Waals surface area contributed by atoms with Gasteiger partial charge in [0, 0.05) is 29.8 Å². The lowest BCUT2D eigenvalue weighted by Gasteiger charge is -2.30. The average molecular weight is 767 g/mol. The fourth-order valence-electron chi connectivity index (χ4n) is 8.17. The molecule has 2 fully saturated rings. The van der Waals surface area contributed by atoms with Gasteiger partial charge in [-0.1, -0.05) is 45.6 Å². The van der Waals surface area contributed by atoms with Crippen LogP contribution in [0.25, 0.3) is 22.3 Å². The molecule has 294 valence electrons. The highest BCUT2D eigenvalue weighted by Crippen LogP contribution is 2.38. The molecule has 2 aromatic carbocycles. The second-order valence-electron chi connectivity index (χ2n) is 15.5. The minimum absolute atomic E-state index is 0.126. The minimum atomic E-state index is -1.26. The first-order valence-corrected chi connectivity index (χ1v) is 19.2. The zero-order valence-electron chi connectivity index (χ0n) is 32.2. The maximum Gasteiger partial charge on any atom is 0.407 e. The van der Waals surface area contributed by atoms with Crippen LogP contribution in [0.4, 0.5) is 14.0 Å². The molecule has 4 amide bonds. The number of rotatable bonds is 8. The number of aromatic amines is 2. The lowest BCUT2D eigenvalue weighted by molar-refractivity contribution is -0.136. The Morgan fingerprint density at radius 2 is 1.48 bits per heavy atom. The number of imidazole rings is 2. The molecule has 0 radical (unpaired) electrons. The summed E-state index contributed by atoms with van der Waals surface area (Å²) < 4.78 is 20.2. The van der Waals surface area contributed by atoms with E-state index >= 15 is 4.39 Å². The summed E-state index contributed by atoms with van der Waals surface area (Å²) in [5.74, 6) is 6.08. The third-order valence-corrected chi connectivity index (χ3v) is 11.0. The summed E-state index contributed by atoms with van der Waals surface area (Å²) >= 11 is 0. The molecule has 56 heavy (non-hydrogen) atoms. The number of hydrogen-bond acceptors (Lipinski definition) is 7. The van der Waals surface area contributed by atoms with E-state index in [-0.39, 0.29) is 35.2 Å². The normalized spacial score (nSPS) is 18.6. The van der Waals surface area contributed by atoms with Crippen molar-refractivity contribution in [3.05, 3.63) is 70.2 Å². The van der Waals surface area contributed by atoms with Crippen LogP contribution in [0.15, 0.2) is 30.3 Å². The highest BCUT2D eigenvalue weighted by Gasteiger charge is 2.39. The van der Waals surface area contributed by atoms with E-state index in [0.717, 1.165) is 59.6 Å². The number of carbonyl (C=O) groups excluding carboxylic acids is 3. The number of benzene rings is 2. The molecule has 4 heterocycles. The summed E-state index contributed by atoms with van der Waals surface area (Å²) in [5, 5.41) is 14.3. The van der Waals surface area contributed by atoms with Gasteiger partial charge in [0.1, 0.15) is 29.2 Å². The molecule has 2 saturated heterocycles. The van der Waals surface area contributed by atoms with E-state index in [1.54, 1.807) is 24.8 Å². The molecule has 1 unspecified atom stereocenters. The van der Waals surface area contributed by atoms with Crippen LogP contribution in [0.2, 0.25) is 0 Å². The van der Waals surface area contributed by atoms with Gasteiger partial charge in [-0.3, -0.25) is 9.59 Å². The number of aryl methyl sites for hydroxylation is 2. The topological polar surface area (TPSA) is 186 Å². The third-order valence-electron chi connectivity index (χ3n) is 11.0. The maximum absolute atomic E-state index is 15.4. The van der Waals surface area contributed by atoms with Gasteiger partial charge in [0.15, 0.2) is 5.82 Å². The van der Waals surface area contributed by atoms with E-state index in [0.29, 0.717) is 42.8 Å². The number of hydrogen-bond donors (Lipinski definition) is 5. The van der Waals surface area contributed by atoms with E-state index in [1.165, 1.54) is 13.2 Å². The molecular weight excluding hydrogens is 719 g/mol. The van der Waals surface area contributed by atoms with Gasteiger partial charge in [-0.25, -0.2) is 23.9 Å². The molecule has 7 rings (SSSR count). The van der Waals surface area contributed by atoms with Crippen LogP contribution in [-0.4, -0.2) is 91.1 Å². The molecule has 1 aliphatic carbocycles. The summed E-state index contributed by atoms with van der Waals surface area (Å²) in [6.07, 6.45) is 2.50. The number of ether oxygens (including phenoxy) is 1. The van der Waals surface area contributed by atoms with Gasteiger partial charge in [0.05, 0.1) is 36.1 Å². The molecule has 0 saturated carbocycles. The second kappa shape index (κ2) is 15.7. The highest BCUT2D eigenvalue weighted by atomic mass is 19.1. The molecule has 2 aromatic heterocycles. The van der Waals surface area contributed by atoms with Crippen molar-refractivity contribution < 1.29 is 33.4 Å². The minimum Gasteiger partial charge on any atom is -0.465 e. The Bertz CT molecular complexity index is 2250. The largest absolute Gasteiger partial charge is 0.465 e. The summed E-state index contributed by atoms with van der Waals surface area (Å²) in [7, 11) is 1.28. The summed E-state index contributed by atoms with van der Waals surface area (Å²) in [5.41, 5.74) is 5.86. The standard InChI is InChI=1S/C41H47FN8O6/c1-21(2)32(47-40(53)54)38(51)49-16-7-9-31(49)37-44-29-20-24(19-27(42)35(29)46-37)11-10-23-12-14-26-25(18-23)13-15-28-34(26)45-36(43-28)30-8-6-17-50(30)39(52)33(22(3)4)48-41(55)56-5/h12,14,18-22,30-33,47H,6-9,13,15-17H2,1-5H3,(H,43,45)(H,44,46)(H,48,55)(H,53,54)/t30?,31-,32-,33-/m0/s1. The Morgan fingerprint density at radius 1 is 0.857 bits per heavy atom. The average Bonchev–Trinajstić information content (AvgIpc) is 3.99. The number of aromatic nitrogens is 4. The van der Waals surface area contributed by atoms with Crippen molar-refractivity contribution in [2.24, 2.45) is 11.8 Å². The van der Waals surface area contributed by atoms with E-state index in [1.807, 2.05) is 36.9 Å². The Hall–Kier alpha value is -5.91. The van der Waals surface area contributed by atoms with Crippen LogP contribution in [0.3, 0.4) is 0 Å². The van der Waals surface area contributed by atoms with Gasteiger partial charge < -0.3 is 40.2 Å². The van der Waals surface area contributed by atoms with Crippen LogP contribution in [0.5, 0.6) is 0 Å². The number of amides is 4. The number of halogens is 1. The van der Waals surface area contributed by atoms with Gasteiger partial charge in [-0.15, -0.1) is 0 Å². The Morgan fingerprint density at radius 3 is 2.11 bits per heavy atom. The third kappa shape index (κ3) is 7.52. The number of H-pyrrole nitrogens is 2. The zero-order chi connectivity index (χ0) is 39.8. The number of carboxylic acid groups (broad SMARTS) is 1. The van der Waals surface area contributed by atoms with Crippen molar-refractivity contribution in [3.8, 4) is 23.1 Å². The van der Waals surface area contributed by atoms with Crippen molar-refractivity contribution in [2.75, 3.05) is 20.2 Å². The Kier molecular flexibility index (Phi) is 10.7. The lowest BCUT2D eigenvalue weighted by Crippen LogP contribution is -2.51. The van der Waals surface area contributed by atoms with Crippen LogP contribution in [-0.2, 0) is 27.2 Å². The van der Waals surface area contributed by atoms with Gasteiger partial charge in [0.25, 0.3) is 0 Å². The van der Waals surface area contributed by atoms with Crippen molar-refractivity contribution in [3.63, 3.8) is 0 Å². The van der Waals surface area contributed by atoms with Crippen LogP contribution in [0, 0.1) is 29.5 Å². The van der Waals surface area contributed by atoms with Crippen molar-refractivity contribution in [1.29, 1.82) is 0 Å². The zero-order valence-corrected chi connectivity index (χ0v) is 32.2. The smallest absolute Gasteiger partial charge is 0.407 e. The molecule has 5 N–H and O–H groups in total. The van der Waals surface area contributed by atoms with E-state index in [4.69, 9.17) is 9.72 Å². The number of likely N-dealkylation sites (tertiary alicyclic amines) is 2. The van der Waals surface area contributed by atoms with Crippen molar-refractivity contribution >= 4 is 35.0 Å². The number of nitrogens with one attached hydrogen (secondary N) is 4. The van der Waals surface area contributed by atoms with Crippen molar-refractivity contribution in [1.82, 2.24) is 40.4 Å². The van der Waals surface area contributed by atoms with Crippen LogP contribution in [0.1, 0.15) is 99.5 Å². The van der Waals surface area contributed by atoms with Gasteiger partial charge in [0.2, 0.25) is 11.8 Å². The van der Waals surface area contributed by atoms with E-state index in [9.17, 15) is 24.3 Å². The van der Waals surface area contributed by atoms with E-state index < -0.39 is 36.1 Å². The first-order chi connectivity index (χ1) is 26.8. The summed E-state index contributed by atoms with van der Waals surface area (Å²) in [6.45, 7) is 8.37. The van der Waals surface area contributed by atoms with Crippen LogP contribution >= 0.6 is 0 Å². The number of carbonyl (C=O) groups is 4. The fraction of sp³-hybridized carbons (Fsp3) is 0.463. The highest BCUT2D eigenvalue weighted by molar-refractivity contribution is 5.87. The first-order valence-electron chi connectivity index (χ1n) is 19.2. The second-order valence-corrected chi connectivity index (χ2v) is 15.5. The van der Waals surface area contributed by atoms with Gasteiger partial charge in [-0.2, -0.15) is 0 Å². The summed E-state index contributed by atoms with van der Waals surface area (Å²) in [4.78, 5) is 70.1. The monoisotopic (exact) mass is 766 g/mol. The molecule has 0 spiro atoms. The maximum atomic E-state index is 15.4. The number of nitrogens with zero attached hydrogens (tertiary/aromatic N) is 4. The summed E-state index contributed by atoms with van der Waals surface area (Å²) in [6, 6.07) is 6.80. The first kappa shape index (κ1) is 38.4. The van der Waals surface area contributed by atoms with Crippen molar-refractivity contribution in [2.45, 2.75) is 90.4 Å². The Balaban J connectivity index is 1.08. The molecule has 4 atom stereocenters. The van der Waals surface area contributed by atoms with E-state index in [2.05, 4.69) is 37.4 Å². The number of methoxy groups -OCH3 is 1. The molecule has 15 heteroatoms. The fourth-order valence-corrected chi connectivity index (χ4v) is 8.17. The predicted molar refractivity (Wildman–Crippen MR) is 205 cm³/mol. The molecule has 3 aliphatic rings. The SMILES string of the molecule is COC(=O)N[C@H](C(=O)N1CCCC1c1nc2c([nH]1)-c1ccc(C#Cc3cc(F)c4nc([C@@H]5CCCN5C(=O)[C@@H](NC(=O)O)C(C)C)[nH]c4c3)cc1CC2)C(C)C. The molecule has 0 bridgehead atoms. The quantitative estimate of drug-likeness (QED) is 0.144. The number of alkyl carbamates (subject to hydrolysis) is 1.